The van der Waals surface area contributed by atoms with Gasteiger partial charge in [0.25, 0.3) is 0 Å². The van der Waals surface area contributed by atoms with Crippen molar-refractivity contribution in [3.05, 3.63) is 77.5 Å². The highest BCUT2D eigenvalue weighted by molar-refractivity contribution is 5.95. The van der Waals surface area contributed by atoms with E-state index in [0.717, 1.165) is 16.9 Å². The van der Waals surface area contributed by atoms with Gasteiger partial charge < -0.3 is 19.1 Å². The largest absolute Gasteiger partial charge is 0.497 e. The van der Waals surface area contributed by atoms with Gasteiger partial charge in [0.05, 0.1) is 39.4 Å². The number of amides is 1. The van der Waals surface area contributed by atoms with Gasteiger partial charge >= 0.3 is 5.97 Å². The van der Waals surface area contributed by atoms with Gasteiger partial charge in [-0.3, -0.25) is 4.79 Å². The molecule has 29 heavy (non-hydrogen) atoms. The second-order valence-electron chi connectivity index (χ2n) is 6.64. The number of methoxy groups -OCH3 is 1. The Labute approximate surface area is 170 Å². The van der Waals surface area contributed by atoms with Crippen LogP contribution in [0.4, 0.5) is 0 Å². The highest BCUT2D eigenvalue weighted by Gasteiger charge is 2.32. The molecule has 0 saturated heterocycles. The maximum absolute atomic E-state index is 12.8. The molecule has 6 heteroatoms. The molecular formula is C23H25NO5. The molecule has 152 valence electrons. The molecule has 0 fully saturated rings. The molecule has 3 rings (SSSR count). The van der Waals surface area contributed by atoms with E-state index in [4.69, 9.17) is 14.2 Å². The van der Waals surface area contributed by atoms with Gasteiger partial charge in [0, 0.05) is 0 Å². The lowest BCUT2D eigenvalue weighted by molar-refractivity contribution is -0.146. The van der Waals surface area contributed by atoms with Gasteiger partial charge in [-0.05, 0) is 36.3 Å². The SMILES string of the molecule is CCOC(=O)C1=C[C@@H](OCc2ccccc2)CC(=O)N1Cc1ccc(OC)cc1. The van der Waals surface area contributed by atoms with Crippen molar-refractivity contribution in [2.45, 2.75) is 32.6 Å². The molecule has 6 nitrogen and oxygen atoms in total. The first-order valence-corrected chi connectivity index (χ1v) is 9.58. The normalized spacial score (nSPS) is 16.3. The summed E-state index contributed by atoms with van der Waals surface area (Å²) in [5, 5.41) is 0. The minimum Gasteiger partial charge on any atom is -0.497 e. The summed E-state index contributed by atoms with van der Waals surface area (Å²) in [6.45, 7) is 2.61. The van der Waals surface area contributed by atoms with E-state index in [1.165, 1.54) is 4.90 Å². The van der Waals surface area contributed by atoms with Crippen LogP contribution in [-0.4, -0.2) is 36.6 Å². The Morgan fingerprint density at radius 1 is 1.07 bits per heavy atom. The maximum Gasteiger partial charge on any atom is 0.354 e. The molecular weight excluding hydrogens is 370 g/mol. The average molecular weight is 395 g/mol. The summed E-state index contributed by atoms with van der Waals surface area (Å²) in [4.78, 5) is 26.8. The molecule has 0 bridgehead atoms. The lowest BCUT2D eigenvalue weighted by Crippen LogP contribution is -2.40. The van der Waals surface area contributed by atoms with Gasteiger partial charge in [0.15, 0.2) is 0 Å². The van der Waals surface area contributed by atoms with Crippen LogP contribution in [-0.2, 0) is 32.2 Å². The van der Waals surface area contributed by atoms with Crippen molar-refractivity contribution >= 4 is 11.9 Å². The number of hydrogen-bond donors (Lipinski definition) is 0. The van der Waals surface area contributed by atoms with E-state index >= 15 is 0 Å². The number of ether oxygens (including phenoxy) is 3. The molecule has 2 aromatic carbocycles. The first-order valence-electron chi connectivity index (χ1n) is 9.58. The third kappa shape index (κ3) is 5.45. The third-order valence-corrected chi connectivity index (χ3v) is 4.60. The Morgan fingerprint density at radius 3 is 2.45 bits per heavy atom. The molecule has 0 unspecified atom stereocenters. The van der Waals surface area contributed by atoms with E-state index in [2.05, 4.69) is 0 Å². The molecule has 2 aromatic rings. The van der Waals surface area contributed by atoms with Crippen LogP contribution in [0.1, 0.15) is 24.5 Å². The number of benzene rings is 2. The molecule has 1 atom stereocenters. The van der Waals surface area contributed by atoms with Gasteiger partial charge in [0.2, 0.25) is 5.91 Å². The third-order valence-electron chi connectivity index (χ3n) is 4.60. The van der Waals surface area contributed by atoms with Crippen LogP contribution in [0.25, 0.3) is 0 Å². The number of hydrogen-bond acceptors (Lipinski definition) is 5. The number of carbonyl (C=O) groups excluding carboxylic acids is 2. The summed E-state index contributed by atoms with van der Waals surface area (Å²) in [5.41, 5.74) is 2.11. The van der Waals surface area contributed by atoms with E-state index in [0.29, 0.717) is 6.61 Å². The smallest absolute Gasteiger partial charge is 0.354 e. The van der Waals surface area contributed by atoms with Crippen molar-refractivity contribution in [2.24, 2.45) is 0 Å². The van der Waals surface area contributed by atoms with Crippen molar-refractivity contribution < 1.29 is 23.8 Å². The van der Waals surface area contributed by atoms with E-state index in [1.807, 2.05) is 54.6 Å². The fourth-order valence-corrected chi connectivity index (χ4v) is 3.10. The van der Waals surface area contributed by atoms with Gasteiger partial charge in [-0.15, -0.1) is 0 Å². The molecule has 0 aliphatic carbocycles. The van der Waals surface area contributed by atoms with Gasteiger partial charge in [-0.1, -0.05) is 42.5 Å². The molecule has 1 aliphatic rings. The average Bonchev–Trinajstić information content (AvgIpc) is 2.75. The number of carbonyl (C=O) groups is 2. The van der Waals surface area contributed by atoms with Crippen LogP contribution in [0.15, 0.2) is 66.4 Å². The lowest BCUT2D eigenvalue weighted by Gasteiger charge is -2.31. The van der Waals surface area contributed by atoms with Crippen molar-refractivity contribution in [2.75, 3.05) is 13.7 Å². The lowest BCUT2D eigenvalue weighted by atomic mass is 10.1. The number of rotatable bonds is 8. The van der Waals surface area contributed by atoms with Crippen LogP contribution in [0, 0.1) is 0 Å². The summed E-state index contributed by atoms with van der Waals surface area (Å²) >= 11 is 0. The quantitative estimate of drug-likeness (QED) is 0.641. The van der Waals surface area contributed by atoms with E-state index in [9.17, 15) is 9.59 Å². The Hall–Kier alpha value is -3.12. The van der Waals surface area contributed by atoms with E-state index in [1.54, 1.807) is 20.1 Å². The maximum atomic E-state index is 12.8. The second-order valence-corrected chi connectivity index (χ2v) is 6.64. The molecule has 1 amide bonds. The molecule has 0 spiro atoms. The summed E-state index contributed by atoms with van der Waals surface area (Å²) in [6.07, 6.45) is 1.38. The zero-order chi connectivity index (χ0) is 20.6. The molecule has 0 N–H and O–H groups in total. The fourth-order valence-electron chi connectivity index (χ4n) is 3.10. The second kappa shape index (κ2) is 9.89. The molecule has 0 radical (unpaired) electrons. The predicted molar refractivity (Wildman–Crippen MR) is 108 cm³/mol. The highest BCUT2D eigenvalue weighted by atomic mass is 16.5. The van der Waals surface area contributed by atoms with Crippen LogP contribution in [0.5, 0.6) is 5.75 Å². The summed E-state index contributed by atoms with van der Waals surface area (Å²) in [7, 11) is 1.60. The molecule has 1 aliphatic heterocycles. The number of esters is 1. The van der Waals surface area contributed by atoms with Crippen molar-refractivity contribution in [1.29, 1.82) is 0 Å². The first-order chi connectivity index (χ1) is 14.1. The molecule has 1 heterocycles. The summed E-state index contributed by atoms with van der Waals surface area (Å²) < 4.78 is 16.2. The van der Waals surface area contributed by atoms with Gasteiger partial charge in [0.1, 0.15) is 11.4 Å². The minimum atomic E-state index is -0.526. The summed E-state index contributed by atoms with van der Waals surface area (Å²) in [5.74, 6) is 0.0288. The topological polar surface area (TPSA) is 65.1 Å². The van der Waals surface area contributed by atoms with Crippen LogP contribution < -0.4 is 4.74 Å². The zero-order valence-corrected chi connectivity index (χ0v) is 16.7. The standard InChI is InChI=1S/C23H25NO5/c1-3-28-23(26)21-13-20(29-16-18-7-5-4-6-8-18)14-22(25)24(21)15-17-9-11-19(27-2)12-10-17/h4-13,20H,3,14-16H2,1-2H3/t20-/m1/s1. The van der Waals surface area contributed by atoms with Crippen molar-refractivity contribution in [3.8, 4) is 5.75 Å². The van der Waals surface area contributed by atoms with Gasteiger partial charge in [-0.2, -0.15) is 0 Å². The Bertz CT molecular complexity index is 861. The number of nitrogens with zero attached hydrogens (tertiary/aromatic N) is 1. The fraction of sp³-hybridized carbons (Fsp3) is 0.304. The predicted octanol–water partition coefficient (Wildman–Crippen LogP) is 3.46. The van der Waals surface area contributed by atoms with Crippen molar-refractivity contribution in [3.63, 3.8) is 0 Å². The minimum absolute atomic E-state index is 0.173. The van der Waals surface area contributed by atoms with Crippen LogP contribution in [0.3, 0.4) is 0 Å². The zero-order valence-electron chi connectivity index (χ0n) is 16.7. The van der Waals surface area contributed by atoms with Crippen LogP contribution in [0.2, 0.25) is 0 Å². The Balaban J connectivity index is 1.77. The molecule has 0 saturated carbocycles. The van der Waals surface area contributed by atoms with Crippen LogP contribution >= 0.6 is 0 Å². The van der Waals surface area contributed by atoms with Crippen molar-refractivity contribution in [1.82, 2.24) is 4.90 Å². The van der Waals surface area contributed by atoms with E-state index < -0.39 is 12.1 Å². The first kappa shape index (κ1) is 20.6. The Morgan fingerprint density at radius 2 is 1.79 bits per heavy atom. The summed E-state index contributed by atoms with van der Waals surface area (Å²) in [6, 6.07) is 17.1. The van der Waals surface area contributed by atoms with Gasteiger partial charge in [-0.25, -0.2) is 4.79 Å². The van der Waals surface area contributed by atoms with E-state index in [-0.39, 0.29) is 31.2 Å². The highest BCUT2D eigenvalue weighted by Crippen LogP contribution is 2.24. The molecule has 0 aromatic heterocycles. The monoisotopic (exact) mass is 395 g/mol. The Kier molecular flexibility index (Phi) is 7.03.